The third kappa shape index (κ3) is 5.06. The Kier molecular flexibility index (Phi) is 6.22. The zero-order valence-corrected chi connectivity index (χ0v) is 13.1. The summed E-state index contributed by atoms with van der Waals surface area (Å²) < 4.78 is 5.46. The van der Waals surface area contributed by atoms with E-state index in [9.17, 15) is 0 Å². The van der Waals surface area contributed by atoms with Gasteiger partial charge in [0.2, 0.25) is 0 Å². The fourth-order valence-electron chi connectivity index (χ4n) is 2.04. The molecule has 0 fully saturated rings. The molecule has 0 amide bonds. The Morgan fingerprint density at radius 2 is 2.00 bits per heavy atom. The molecule has 2 rings (SSSR count). The van der Waals surface area contributed by atoms with Crippen LogP contribution in [0.5, 0.6) is 0 Å². The molecule has 0 aliphatic carbocycles. The van der Waals surface area contributed by atoms with E-state index in [1.54, 1.807) is 6.26 Å². The lowest BCUT2D eigenvalue weighted by atomic mass is 10.2. The van der Waals surface area contributed by atoms with Gasteiger partial charge in [-0.05, 0) is 44.2 Å². The number of benzene rings is 1. The van der Waals surface area contributed by atoms with Crippen molar-refractivity contribution in [3.8, 4) is 0 Å². The lowest BCUT2D eigenvalue weighted by molar-refractivity contribution is 0.460. The van der Waals surface area contributed by atoms with Gasteiger partial charge in [-0.2, -0.15) is 0 Å². The molecule has 0 saturated carbocycles. The number of thioether (sulfide) groups is 1. The average Bonchev–Trinajstić information content (AvgIpc) is 2.96. The van der Waals surface area contributed by atoms with Gasteiger partial charge in [0.15, 0.2) is 0 Å². The monoisotopic (exact) mass is 289 g/mol. The van der Waals surface area contributed by atoms with E-state index in [2.05, 4.69) is 49.5 Å². The molecule has 0 bridgehead atoms. The van der Waals surface area contributed by atoms with E-state index in [1.807, 2.05) is 17.8 Å². The lowest BCUT2D eigenvalue weighted by Gasteiger charge is -2.17. The molecule has 1 unspecified atom stereocenters. The normalized spacial score (nSPS) is 12.5. The van der Waals surface area contributed by atoms with Crippen LogP contribution in [0, 0.1) is 6.92 Å². The topological polar surface area (TPSA) is 25.2 Å². The van der Waals surface area contributed by atoms with Gasteiger partial charge in [-0.3, -0.25) is 0 Å². The van der Waals surface area contributed by atoms with Crippen LogP contribution in [0.1, 0.15) is 24.7 Å². The maximum absolute atomic E-state index is 5.46. The Morgan fingerprint density at radius 1 is 1.20 bits per heavy atom. The Hall–Kier alpha value is -1.19. The van der Waals surface area contributed by atoms with Crippen molar-refractivity contribution in [2.75, 3.05) is 12.3 Å². The lowest BCUT2D eigenvalue weighted by Crippen LogP contribution is -2.33. The van der Waals surface area contributed by atoms with E-state index in [-0.39, 0.29) is 0 Å². The summed E-state index contributed by atoms with van der Waals surface area (Å²) in [6, 6.07) is 13.2. The number of nitrogens with one attached hydrogen (secondary N) is 1. The molecule has 0 aliphatic rings. The van der Waals surface area contributed by atoms with Crippen LogP contribution >= 0.6 is 11.8 Å². The van der Waals surface area contributed by atoms with Crippen LogP contribution in [0.4, 0.5) is 0 Å². The second-order valence-electron chi connectivity index (χ2n) is 5.06. The van der Waals surface area contributed by atoms with Gasteiger partial charge >= 0.3 is 0 Å². The van der Waals surface area contributed by atoms with Gasteiger partial charge in [0.1, 0.15) is 5.76 Å². The Labute approximate surface area is 126 Å². The summed E-state index contributed by atoms with van der Waals surface area (Å²) in [7, 11) is 0. The van der Waals surface area contributed by atoms with E-state index in [0.717, 1.165) is 30.9 Å². The number of furan rings is 1. The summed E-state index contributed by atoms with van der Waals surface area (Å²) in [5.74, 6) is 2.12. The van der Waals surface area contributed by atoms with E-state index >= 15 is 0 Å². The van der Waals surface area contributed by atoms with E-state index in [1.165, 1.54) is 10.5 Å². The molecule has 0 saturated heterocycles. The highest BCUT2D eigenvalue weighted by Crippen LogP contribution is 2.20. The molecule has 2 nitrogen and oxygen atoms in total. The van der Waals surface area contributed by atoms with E-state index < -0.39 is 0 Å². The average molecular weight is 289 g/mol. The molecule has 1 N–H and O–H groups in total. The van der Waals surface area contributed by atoms with Gasteiger partial charge in [-0.1, -0.05) is 24.6 Å². The van der Waals surface area contributed by atoms with Gasteiger partial charge in [0, 0.05) is 23.1 Å². The molecule has 3 heteroatoms. The predicted octanol–water partition coefficient (Wildman–Crippen LogP) is 4.29. The highest BCUT2D eigenvalue weighted by molar-refractivity contribution is 7.99. The Morgan fingerprint density at radius 3 is 2.65 bits per heavy atom. The van der Waals surface area contributed by atoms with Gasteiger partial charge in [0.05, 0.1) is 6.26 Å². The van der Waals surface area contributed by atoms with Crippen molar-refractivity contribution in [1.29, 1.82) is 0 Å². The summed E-state index contributed by atoms with van der Waals surface area (Å²) >= 11 is 1.91. The third-order valence-corrected chi connectivity index (χ3v) is 4.36. The molecule has 1 aromatic heterocycles. The maximum Gasteiger partial charge on any atom is 0.105 e. The first kappa shape index (κ1) is 15.2. The van der Waals surface area contributed by atoms with Gasteiger partial charge < -0.3 is 9.73 Å². The van der Waals surface area contributed by atoms with Crippen LogP contribution < -0.4 is 5.32 Å². The number of hydrogen-bond acceptors (Lipinski definition) is 3. The molecular weight excluding hydrogens is 266 g/mol. The van der Waals surface area contributed by atoms with Crippen LogP contribution in [0.15, 0.2) is 52.0 Å². The summed E-state index contributed by atoms with van der Waals surface area (Å²) in [4.78, 5) is 1.33. The minimum atomic E-state index is 0.451. The molecule has 20 heavy (non-hydrogen) atoms. The fraction of sp³-hybridized carbons (Fsp3) is 0.412. The summed E-state index contributed by atoms with van der Waals surface area (Å²) in [5.41, 5.74) is 1.31. The Bertz CT molecular complexity index is 478. The minimum absolute atomic E-state index is 0.451. The largest absolute Gasteiger partial charge is 0.469 e. The number of aryl methyl sites for hydroxylation is 1. The molecular formula is C17H23NOS. The fourth-order valence-corrected chi connectivity index (χ4v) is 3.00. The minimum Gasteiger partial charge on any atom is -0.469 e. The first-order chi connectivity index (χ1) is 9.78. The molecule has 0 radical (unpaired) electrons. The molecule has 0 aliphatic heterocycles. The molecule has 1 heterocycles. The maximum atomic E-state index is 5.46. The molecule has 0 spiro atoms. The first-order valence-electron chi connectivity index (χ1n) is 7.23. The molecule has 1 aromatic carbocycles. The van der Waals surface area contributed by atoms with E-state index in [0.29, 0.717) is 6.04 Å². The van der Waals surface area contributed by atoms with Gasteiger partial charge in [-0.25, -0.2) is 0 Å². The second kappa shape index (κ2) is 8.18. The smallest absolute Gasteiger partial charge is 0.105 e. The molecule has 2 aromatic rings. The highest BCUT2D eigenvalue weighted by Gasteiger charge is 2.11. The molecule has 1 atom stereocenters. The van der Waals surface area contributed by atoms with Gasteiger partial charge in [-0.15, -0.1) is 11.8 Å². The zero-order chi connectivity index (χ0) is 14.2. The third-order valence-electron chi connectivity index (χ3n) is 3.18. The van der Waals surface area contributed by atoms with Crippen LogP contribution in [0.25, 0.3) is 0 Å². The van der Waals surface area contributed by atoms with Crippen LogP contribution in [0.3, 0.4) is 0 Å². The quantitative estimate of drug-likeness (QED) is 0.734. The van der Waals surface area contributed by atoms with Crippen molar-refractivity contribution in [2.45, 2.75) is 37.6 Å². The second-order valence-corrected chi connectivity index (χ2v) is 6.15. The van der Waals surface area contributed by atoms with Crippen molar-refractivity contribution >= 4 is 11.8 Å². The predicted molar refractivity (Wildman–Crippen MR) is 86.4 cm³/mol. The highest BCUT2D eigenvalue weighted by atomic mass is 32.2. The Balaban J connectivity index is 1.87. The van der Waals surface area contributed by atoms with E-state index in [4.69, 9.17) is 4.42 Å². The zero-order valence-electron chi connectivity index (χ0n) is 12.3. The van der Waals surface area contributed by atoms with Crippen LogP contribution in [-0.4, -0.2) is 18.3 Å². The standard InChI is InChI=1S/C17H23NOS/c1-3-10-18-15(12-16-5-4-11-19-16)13-20-17-8-6-14(2)7-9-17/h4-9,11,15,18H,3,10,12-13H2,1-2H3. The van der Waals surface area contributed by atoms with Crippen molar-refractivity contribution in [1.82, 2.24) is 5.32 Å². The number of rotatable bonds is 8. The molecule has 108 valence electrons. The van der Waals surface area contributed by atoms with Gasteiger partial charge in [0.25, 0.3) is 0 Å². The van der Waals surface area contributed by atoms with Crippen LogP contribution in [-0.2, 0) is 6.42 Å². The van der Waals surface area contributed by atoms with Crippen molar-refractivity contribution in [3.05, 3.63) is 54.0 Å². The van der Waals surface area contributed by atoms with Crippen molar-refractivity contribution in [2.24, 2.45) is 0 Å². The summed E-state index contributed by atoms with van der Waals surface area (Å²) in [6.07, 6.45) is 3.86. The summed E-state index contributed by atoms with van der Waals surface area (Å²) in [6.45, 7) is 5.38. The SMILES string of the molecule is CCCNC(CSc1ccc(C)cc1)Cc1ccco1. The van der Waals surface area contributed by atoms with Crippen molar-refractivity contribution < 1.29 is 4.42 Å². The first-order valence-corrected chi connectivity index (χ1v) is 8.21. The summed E-state index contributed by atoms with van der Waals surface area (Å²) in [5, 5.41) is 3.61. The van der Waals surface area contributed by atoms with Crippen LogP contribution in [0.2, 0.25) is 0 Å². The number of hydrogen-bond donors (Lipinski definition) is 1. The van der Waals surface area contributed by atoms with Crippen molar-refractivity contribution in [3.63, 3.8) is 0 Å².